The predicted molar refractivity (Wildman–Crippen MR) is 79.7 cm³/mol. The average Bonchev–Trinajstić information content (AvgIpc) is 2.53. The van der Waals surface area contributed by atoms with Gasteiger partial charge in [0.05, 0.1) is 11.3 Å². The Bertz CT molecular complexity index is 1000. The molecular weight excluding hydrogens is 325 g/mol. The number of halogens is 3. The van der Waals surface area contributed by atoms with Crippen molar-refractivity contribution in [3.63, 3.8) is 0 Å². The molecule has 1 aromatic carbocycles. The molecule has 1 N–H and O–H groups in total. The number of benzene rings is 1. The van der Waals surface area contributed by atoms with Gasteiger partial charge >= 0.3 is 11.8 Å². The van der Waals surface area contributed by atoms with E-state index in [1.807, 2.05) is 0 Å². The van der Waals surface area contributed by atoms with Crippen LogP contribution >= 0.6 is 0 Å². The van der Waals surface area contributed by atoms with E-state index in [-0.39, 0.29) is 22.7 Å². The van der Waals surface area contributed by atoms with Crippen LogP contribution in [0.1, 0.15) is 11.8 Å². The predicted octanol–water partition coefficient (Wildman–Crippen LogP) is 3.15. The molecule has 5 nitrogen and oxygen atoms in total. The minimum absolute atomic E-state index is 0.110. The van der Waals surface area contributed by atoms with Crippen molar-refractivity contribution in [2.75, 3.05) is 0 Å². The Kier molecular flexibility index (Phi) is 2.95. The molecular formula is C16H9F3N2O3. The SMILES string of the molecule is O=c1oc2ccccc2c2c1C(O)N1C=C(C(F)(F)F)C=CC1=N2. The summed E-state index contributed by atoms with van der Waals surface area (Å²) in [7, 11) is 0. The number of rotatable bonds is 0. The second kappa shape index (κ2) is 4.81. The minimum atomic E-state index is -4.57. The van der Waals surface area contributed by atoms with Crippen LogP contribution in [0.25, 0.3) is 11.0 Å². The van der Waals surface area contributed by atoms with Crippen molar-refractivity contribution in [2.45, 2.75) is 12.4 Å². The zero-order valence-electron chi connectivity index (χ0n) is 11.9. The van der Waals surface area contributed by atoms with Crippen LogP contribution in [-0.4, -0.2) is 22.0 Å². The standard InChI is InChI=1S/C16H9F3N2O3/c17-16(18,19)8-5-6-11-20-13-9-3-1-2-4-10(9)24-15(23)12(13)14(22)21(11)7-8/h1-7,14,22H. The van der Waals surface area contributed by atoms with E-state index in [0.717, 1.165) is 23.3 Å². The van der Waals surface area contributed by atoms with Gasteiger partial charge < -0.3 is 14.4 Å². The van der Waals surface area contributed by atoms with E-state index in [1.165, 1.54) is 0 Å². The number of aliphatic hydroxyl groups excluding tert-OH is 1. The first-order valence-electron chi connectivity index (χ1n) is 6.94. The van der Waals surface area contributed by atoms with Gasteiger partial charge in [-0.15, -0.1) is 0 Å². The van der Waals surface area contributed by atoms with E-state index in [0.29, 0.717) is 5.39 Å². The third-order valence-corrected chi connectivity index (χ3v) is 3.85. The van der Waals surface area contributed by atoms with Crippen molar-refractivity contribution < 1.29 is 22.7 Å². The first kappa shape index (κ1) is 14.7. The summed E-state index contributed by atoms with van der Waals surface area (Å²) in [6, 6.07) is 6.62. The van der Waals surface area contributed by atoms with Gasteiger partial charge in [0.15, 0.2) is 6.23 Å². The number of allylic oxidation sites excluding steroid dienone is 2. The molecule has 1 unspecified atom stereocenters. The molecule has 0 saturated carbocycles. The van der Waals surface area contributed by atoms with Gasteiger partial charge in [-0.2, -0.15) is 13.2 Å². The topological polar surface area (TPSA) is 66.0 Å². The van der Waals surface area contributed by atoms with Gasteiger partial charge in [-0.05, 0) is 24.3 Å². The summed E-state index contributed by atoms with van der Waals surface area (Å²) in [6.45, 7) is 0. The van der Waals surface area contributed by atoms with Gasteiger partial charge in [0.2, 0.25) is 0 Å². The second-order valence-electron chi connectivity index (χ2n) is 5.31. The van der Waals surface area contributed by atoms with Crippen LogP contribution in [0, 0.1) is 0 Å². The van der Waals surface area contributed by atoms with Crippen LogP contribution in [-0.2, 0) is 0 Å². The molecule has 3 heterocycles. The fourth-order valence-corrected chi connectivity index (χ4v) is 2.72. The molecule has 1 atom stereocenters. The summed E-state index contributed by atoms with van der Waals surface area (Å²) in [5.74, 6) is 0.110. The van der Waals surface area contributed by atoms with Gasteiger partial charge in [0.1, 0.15) is 17.0 Å². The van der Waals surface area contributed by atoms with Crippen molar-refractivity contribution in [3.05, 3.63) is 64.2 Å². The van der Waals surface area contributed by atoms with Crippen molar-refractivity contribution in [2.24, 2.45) is 4.99 Å². The number of aliphatic hydroxyl groups is 1. The lowest BCUT2D eigenvalue weighted by Gasteiger charge is -2.33. The molecule has 24 heavy (non-hydrogen) atoms. The van der Waals surface area contributed by atoms with E-state index >= 15 is 0 Å². The Morgan fingerprint density at radius 1 is 1.21 bits per heavy atom. The highest BCUT2D eigenvalue weighted by molar-refractivity contribution is 6.02. The maximum atomic E-state index is 12.9. The molecule has 0 aliphatic carbocycles. The Hall–Kier alpha value is -2.87. The molecule has 0 amide bonds. The molecule has 2 aliphatic heterocycles. The summed E-state index contributed by atoms with van der Waals surface area (Å²) in [5, 5.41) is 10.9. The third kappa shape index (κ3) is 2.07. The van der Waals surface area contributed by atoms with E-state index in [2.05, 4.69) is 4.99 Å². The first-order chi connectivity index (χ1) is 11.4. The molecule has 2 aliphatic rings. The fraction of sp³-hybridized carbons (Fsp3) is 0.125. The normalized spacial score (nSPS) is 19.7. The fourth-order valence-electron chi connectivity index (χ4n) is 2.72. The van der Waals surface area contributed by atoms with Crippen molar-refractivity contribution >= 4 is 22.5 Å². The Morgan fingerprint density at radius 2 is 1.96 bits per heavy atom. The molecule has 0 radical (unpaired) electrons. The molecule has 0 fully saturated rings. The maximum Gasteiger partial charge on any atom is 0.417 e. The number of alkyl halides is 3. The number of nitrogens with zero attached hydrogens (tertiary/aromatic N) is 2. The van der Waals surface area contributed by atoms with E-state index in [4.69, 9.17) is 4.42 Å². The van der Waals surface area contributed by atoms with Gasteiger partial charge in [-0.3, -0.25) is 0 Å². The van der Waals surface area contributed by atoms with Crippen molar-refractivity contribution in [1.29, 1.82) is 0 Å². The zero-order valence-corrected chi connectivity index (χ0v) is 11.9. The number of fused-ring (bicyclic) bond motifs is 4. The van der Waals surface area contributed by atoms with Crippen LogP contribution in [0.15, 0.2) is 62.4 Å². The molecule has 4 rings (SSSR count). The van der Waals surface area contributed by atoms with Crippen LogP contribution in [0.3, 0.4) is 0 Å². The number of hydrogen-bond acceptors (Lipinski definition) is 5. The summed E-state index contributed by atoms with van der Waals surface area (Å²) in [5.41, 5.74) is -1.48. The minimum Gasteiger partial charge on any atom is -0.422 e. The lowest BCUT2D eigenvalue weighted by molar-refractivity contribution is -0.0898. The van der Waals surface area contributed by atoms with Gasteiger partial charge in [0.25, 0.3) is 0 Å². The molecule has 0 spiro atoms. The summed E-state index contributed by atoms with van der Waals surface area (Å²) < 4.78 is 43.7. The summed E-state index contributed by atoms with van der Waals surface area (Å²) in [4.78, 5) is 17.3. The molecule has 2 aromatic rings. The second-order valence-corrected chi connectivity index (χ2v) is 5.31. The maximum absolute atomic E-state index is 12.9. The van der Waals surface area contributed by atoms with Crippen molar-refractivity contribution in [3.8, 4) is 0 Å². The van der Waals surface area contributed by atoms with Crippen LogP contribution < -0.4 is 5.63 Å². The highest BCUT2D eigenvalue weighted by atomic mass is 19.4. The quantitative estimate of drug-likeness (QED) is 0.752. The third-order valence-electron chi connectivity index (χ3n) is 3.85. The monoisotopic (exact) mass is 334 g/mol. The molecule has 0 saturated heterocycles. The van der Waals surface area contributed by atoms with Gasteiger partial charge in [-0.25, -0.2) is 9.79 Å². The van der Waals surface area contributed by atoms with Crippen LogP contribution in [0.4, 0.5) is 18.9 Å². The summed E-state index contributed by atoms with van der Waals surface area (Å²) in [6.07, 6.45) is -3.44. The Balaban J connectivity index is 1.96. The van der Waals surface area contributed by atoms with E-state index in [1.54, 1.807) is 24.3 Å². The summed E-state index contributed by atoms with van der Waals surface area (Å²) >= 11 is 0. The lowest BCUT2D eigenvalue weighted by Crippen LogP contribution is -2.37. The zero-order chi connectivity index (χ0) is 17.1. The van der Waals surface area contributed by atoms with Crippen molar-refractivity contribution in [1.82, 2.24) is 4.90 Å². The largest absolute Gasteiger partial charge is 0.422 e. The highest BCUT2D eigenvalue weighted by Gasteiger charge is 2.38. The van der Waals surface area contributed by atoms with Gasteiger partial charge in [0, 0.05) is 11.6 Å². The Morgan fingerprint density at radius 3 is 2.71 bits per heavy atom. The highest BCUT2D eigenvalue weighted by Crippen LogP contribution is 2.39. The molecule has 1 aromatic heterocycles. The van der Waals surface area contributed by atoms with Crippen LogP contribution in [0.2, 0.25) is 0 Å². The van der Waals surface area contributed by atoms with E-state index < -0.39 is 23.6 Å². The number of hydrogen-bond donors (Lipinski definition) is 1. The average molecular weight is 334 g/mol. The van der Waals surface area contributed by atoms with E-state index in [9.17, 15) is 23.1 Å². The molecule has 122 valence electrons. The Labute approximate surface area is 132 Å². The molecule has 8 heteroatoms. The van der Waals surface area contributed by atoms with Gasteiger partial charge in [-0.1, -0.05) is 12.1 Å². The number of para-hydroxylation sites is 1. The first-order valence-corrected chi connectivity index (χ1v) is 6.94. The molecule has 0 bridgehead atoms. The number of aliphatic imine (C=N–C) groups is 1. The smallest absolute Gasteiger partial charge is 0.417 e. The number of amidine groups is 1. The van der Waals surface area contributed by atoms with Crippen LogP contribution in [0.5, 0.6) is 0 Å². The lowest BCUT2D eigenvalue weighted by atomic mass is 10.0.